The van der Waals surface area contributed by atoms with Crippen LogP contribution >= 0.6 is 22.9 Å². The monoisotopic (exact) mass is 558 g/mol. The van der Waals surface area contributed by atoms with Crippen LogP contribution in [0, 0.1) is 0 Å². The summed E-state index contributed by atoms with van der Waals surface area (Å²) in [5.41, 5.74) is 6.42. The van der Waals surface area contributed by atoms with Gasteiger partial charge in [-0.3, -0.25) is 14.4 Å². The van der Waals surface area contributed by atoms with Gasteiger partial charge < -0.3 is 30.2 Å². The first kappa shape index (κ1) is 27.2. The van der Waals surface area contributed by atoms with Crippen LogP contribution in [0.1, 0.15) is 55.0 Å². The van der Waals surface area contributed by atoms with Crippen molar-refractivity contribution in [2.75, 3.05) is 39.7 Å². The van der Waals surface area contributed by atoms with E-state index in [1.165, 1.54) is 44.8 Å². The molecular weight excluding hydrogens is 532 g/mol. The van der Waals surface area contributed by atoms with E-state index >= 15 is 0 Å². The second-order valence-corrected chi connectivity index (χ2v) is 9.85. The van der Waals surface area contributed by atoms with Crippen LogP contribution in [0.25, 0.3) is 0 Å². The summed E-state index contributed by atoms with van der Waals surface area (Å²) in [4.78, 5) is 44.1. The van der Waals surface area contributed by atoms with Crippen molar-refractivity contribution in [3.8, 4) is 17.2 Å². The number of rotatable bonds is 8. The van der Waals surface area contributed by atoms with E-state index in [-0.39, 0.29) is 28.8 Å². The zero-order valence-electron chi connectivity index (χ0n) is 21.1. The summed E-state index contributed by atoms with van der Waals surface area (Å²) in [5, 5.41) is 5.51. The molecule has 1 aliphatic heterocycles. The molecule has 1 saturated heterocycles. The maximum absolute atomic E-state index is 13.3. The van der Waals surface area contributed by atoms with Gasteiger partial charge in [-0.15, -0.1) is 11.3 Å². The zero-order valence-corrected chi connectivity index (χ0v) is 22.6. The molecule has 38 heavy (non-hydrogen) atoms. The zero-order chi connectivity index (χ0) is 27.4. The fourth-order valence-corrected chi connectivity index (χ4v) is 5.51. The van der Waals surface area contributed by atoms with Crippen molar-refractivity contribution in [3.63, 3.8) is 0 Å². The number of amides is 3. The topological polar surface area (TPSA) is 133 Å². The highest BCUT2D eigenvalue weighted by atomic mass is 35.5. The molecule has 0 saturated carbocycles. The number of ether oxygens (including phenoxy) is 3. The van der Waals surface area contributed by atoms with E-state index in [0.29, 0.717) is 53.8 Å². The van der Waals surface area contributed by atoms with Crippen LogP contribution in [0.2, 0.25) is 5.02 Å². The molecule has 2 aromatic carbocycles. The molecule has 10 nitrogen and oxygen atoms in total. The van der Waals surface area contributed by atoms with Crippen molar-refractivity contribution < 1.29 is 28.6 Å². The maximum atomic E-state index is 13.3. The molecule has 1 aromatic heterocycles. The van der Waals surface area contributed by atoms with Crippen molar-refractivity contribution >= 4 is 46.3 Å². The molecule has 1 fully saturated rings. The summed E-state index contributed by atoms with van der Waals surface area (Å²) in [6.07, 6.45) is 1.39. The molecule has 0 bridgehead atoms. The molecule has 2 heterocycles. The number of hydrogen-bond acceptors (Lipinski definition) is 8. The van der Waals surface area contributed by atoms with Crippen LogP contribution < -0.4 is 25.3 Å². The number of methoxy groups -OCH3 is 3. The van der Waals surface area contributed by atoms with Gasteiger partial charge in [0.15, 0.2) is 11.5 Å². The lowest BCUT2D eigenvalue weighted by atomic mass is 9.97. The molecule has 0 aliphatic carbocycles. The molecule has 0 radical (unpaired) electrons. The van der Waals surface area contributed by atoms with Crippen LogP contribution in [0.5, 0.6) is 17.2 Å². The van der Waals surface area contributed by atoms with Crippen LogP contribution in [0.4, 0.5) is 5.69 Å². The molecule has 0 spiro atoms. The Hall–Kier alpha value is -3.83. The summed E-state index contributed by atoms with van der Waals surface area (Å²) >= 11 is 7.33. The van der Waals surface area contributed by atoms with Gasteiger partial charge in [0.25, 0.3) is 17.7 Å². The third-order valence-corrected chi connectivity index (χ3v) is 7.56. The Kier molecular flexibility index (Phi) is 8.38. The second-order valence-electron chi connectivity index (χ2n) is 8.53. The highest BCUT2D eigenvalue weighted by Crippen LogP contribution is 2.41. The summed E-state index contributed by atoms with van der Waals surface area (Å²) in [6, 6.07) is 7.83. The Balaban J connectivity index is 1.42. The van der Waals surface area contributed by atoms with Crippen LogP contribution in [-0.2, 0) is 0 Å². The molecule has 3 aromatic rings. The predicted molar refractivity (Wildman–Crippen MR) is 144 cm³/mol. The van der Waals surface area contributed by atoms with Crippen molar-refractivity contribution in [2.45, 2.75) is 18.8 Å². The number of primary amides is 1. The number of likely N-dealkylation sites (tertiary alicyclic amines) is 1. The minimum absolute atomic E-state index is 0.106. The van der Waals surface area contributed by atoms with E-state index < -0.39 is 11.8 Å². The van der Waals surface area contributed by atoms with Crippen LogP contribution in [-0.4, -0.2) is 62.0 Å². The van der Waals surface area contributed by atoms with Gasteiger partial charge in [0.1, 0.15) is 5.69 Å². The van der Waals surface area contributed by atoms with Gasteiger partial charge in [-0.1, -0.05) is 11.6 Å². The Labute approximate surface area is 228 Å². The number of nitrogens with zero attached hydrogens (tertiary/aromatic N) is 2. The predicted octanol–water partition coefficient (Wildman–Crippen LogP) is 4.19. The van der Waals surface area contributed by atoms with Crippen molar-refractivity contribution in [1.82, 2.24) is 9.88 Å². The van der Waals surface area contributed by atoms with E-state index in [2.05, 4.69) is 10.3 Å². The van der Waals surface area contributed by atoms with Gasteiger partial charge in [-0.05, 0) is 43.2 Å². The fourth-order valence-electron chi connectivity index (χ4n) is 4.36. The summed E-state index contributed by atoms with van der Waals surface area (Å²) < 4.78 is 16.2. The SMILES string of the molecule is COc1ccc(C(=O)N2CCC(c3nc(C(=O)Nc4ccc(Cl)cc4C(N)=O)cs3)CC2)c(OC)c1OC. The van der Waals surface area contributed by atoms with Crippen LogP contribution in [0.15, 0.2) is 35.7 Å². The molecule has 3 amide bonds. The number of nitrogens with two attached hydrogens (primary N) is 1. The van der Waals surface area contributed by atoms with Gasteiger partial charge >= 0.3 is 0 Å². The average Bonchev–Trinajstić information content (AvgIpc) is 3.43. The van der Waals surface area contributed by atoms with Crippen LogP contribution in [0.3, 0.4) is 0 Å². The summed E-state index contributed by atoms with van der Waals surface area (Å²) in [5.74, 6) is -0.0340. The molecule has 0 unspecified atom stereocenters. The van der Waals surface area contributed by atoms with E-state index in [9.17, 15) is 14.4 Å². The minimum Gasteiger partial charge on any atom is -0.493 e. The van der Waals surface area contributed by atoms with Gasteiger partial charge in [0, 0.05) is 29.4 Å². The number of aromatic nitrogens is 1. The minimum atomic E-state index is -0.700. The lowest BCUT2D eigenvalue weighted by molar-refractivity contribution is 0.0708. The molecule has 200 valence electrons. The summed E-state index contributed by atoms with van der Waals surface area (Å²) in [6.45, 7) is 1.05. The molecule has 4 rings (SSSR count). The van der Waals surface area contributed by atoms with E-state index in [4.69, 9.17) is 31.5 Å². The normalized spacial score (nSPS) is 13.6. The number of carbonyl (C=O) groups is 3. The van der Waals surface area contributed by atoms with Gasteiger partial charge in [-0.2, -0.15) is 0 Å². The standard InChI is InChI=1S/C26H27ClN4O6S/c1-35-20-7-5-16(21(36-2)22(20)37-3)26(34)31-10-8-14(9-11-31)25-30-19(13-38-25)24(33)29-18-6-4-15(27)12-17(18)23(28)32/h4-7,12-14H,8-11H2,1-3H3,(H2,28,32)(H,29,33). The molecule has 3 N–H and O–H groups in total. The number of benzene rings is 2. The van der Waals surface area contributed by atoms with Gasteiger partial charge in [0.05, 0.1) is 43.2 Å². The highest BCUT2D eigenvalue weighted by molar-refractivity contribution is 7.10. The molecule has 0 atom stereocenters. The largest absolute Gasteiger partial charge is 0.493 e. The Bertz CT molecular complexity index is 1370. The number of carbonyl (C=O) groups excluding carboxylic acids is 3. The second kappa shape index (κ2) is 11.7. The smallest absolute Gasteiger partial charge is 0.275 e. The van der Waals surface area contributed by atoms with Crippen molar-refractivity contribution in [3.05, 3.63) is 62.6 Å². The lowest BCUT2D eigenvalue weighted by Gasteiger charge is -2.31. The average molecular weight is 559 g/mol. The van der Waals surface area contributed by atoms with Crippen molar-refractivity contribution in [2.24, 2.45) is 5.73 Å². The molecule has 12 heteroatoms. The van der Waals surface area contributed by atoms with Gasteiger partial charge in [-0.25, -0.2) is 4.98 Å². The number of thiazole rings is 1. The Morgan fingerprint density at radius 3 is 2.37 bits per heavy atom. The van der Waals surface area contributed by atoms with E-state index in [1.807, 2.05) is 0 Å². The fraction of sp³-hybridized carbons (Fsp3) is 0.308. The number of hydrogen-bond donors (Lipinski definition) is 2. The van der Waals surface area contributed by atoms with E-state index in [0.717, 1.165) is 5.01 Å². The molecule has 1 aliphatic rings. The first-order chi connectivity index (χ1) is 18.3. The third-order valence-electron chi connectivity index (χ3n) is 6.32. The third kappa shape index (κ3) is 5.53. The number of piperidine rings is 1. The quantitative estimate of drug-likeness (QED) is 0.423. The van der Waals surface area contributed by atoms with E-state index in [1.54, 1.807) is 28.5 Å². The lowest BCUT2D eigenvalue weighted by Crippen LogP contribution is -2.38. The number of anilines is 1. The maximum Gasteiger partial charge on any atom is 0.275 e. The van der Waals surface area contributed by atoms with Crippen molar-refractivity contribution in [1.29, 1.82) is 0 Å². The number of halogens is 1. The number of nitrogens with one attached hydrogen (secondary N) is 1. The first-order valence-corrected chi connectivity index (χ1v) is 13.0. The molecular formula is C26H27ClN4O6S. The highest BCUT2D eigenvalue weighted by Gasteiger charge is 2.30. The van der Waals surface area contributed by atoms with Gasteiger partial charge in [0.2, 0.25) is 5.75 Å². The summed E-state index contributed by atoms with van der Waals surface area (Å²) in [7, 11) is 4.50. The Morgan fingerprint density at radius 1 is 1.03 bits per heavy atom. The Morgan fingerprint density at radius 2 is 1.74 bits per heavy atom. The first-order valence-electron chi connectivity index (χ1n) is 11.7.